The number of fused-ring (bicyclic) bond motifs is 1. The van der Waals surface area contributed by atoms with Crippen molar-refractivity contribution in [3.05, 3.63) is 41.6 Å². The molecule has 1 aliphatic rings. The molecule has 0 amide bonds. The van der Waals surface area contributed by atoms with Gasteiger partial charge in [0.25, 0.3) is 0 Å². The van der Waals surface area contributed by atoms with Gasteiger partial charge in [0.15, 0.2) is 0 Å². The van der Waals surface area contributed by atoms with E-state index in [9.17, 15) is 4.79 Å². The Kier molecular flexibility index (Phi) is 3.82. The lowest BCUT2D eigenvalue weighted by Crippen LogP contribution is -2.17. The predicted molar refractivity (Wildman–Crippen MR) is 92.0 cm³/mol. The Hall–Kier alpha value is -2.76. The molecule has 2 N–H and O–H groups in total. The summed E-state index contributed by atoms with van der Waals surface area (Å²) < 4.78 is 0. The number of hydrogen-bond acceptors (Lipinski definition) is 5. The summed E-state index contributed by atoms with van der Waals surface area (Å²) in [4.78, 5) is 19.8. The van der Waals surface area contributed by atoms with E-state index in [-0.39, 0.29) is 0 Å². The second kappa shape index (κ2) is 5.79. The maximum Gasteiger partial charge on any atom is 0.335 e. The van der Waals surface area contributed by atoms with E-state index in [2.05, 4.69) is 15.2 Å². The number of aromatic carboxylic acids is 1. The fourth-order valence-corrected chi connectivity index (χ4v) is 2.81. The lowest BCUT2D eigenvalue weighted by Gasteiger charge is -2.23. The molecule has 2 aromatic rings. The van der Waals surface area contributed by atoms with Crippen LogP contribution in [0.1, 0.15) is 22.8 Å². The van der Waals surface area contributed by atoms with Crippen molar-refractivity contribution >= 4 is 28.8 Å². The molecule has 0 saturated heterocycles. The maximum absolute atomic E-state index is 11.1. The average molecular weight is 312 g/mol. The van der Waals surface area contributed by atoms with E-state index in [1.807, 2.05) is 44.2 Å². The summed E-state index contributed by atoms with van der Waals surface area (Å²) in [6, 6.07) is 7.25. The Morgan fingerprint density at radius 1 is 1.43 bits per heavy atom. The molecular formula is C17H20N4O2. The number of benzene rings is 1. The van der Waals surface area contributed by atoms with Crippen LogP contribution in [0.5, 0.6) is 0 Å². The molecule has 1 aliphatic heterocycles. The van der Waals surface area contributed by atoms with Crippen molar-refractivity contribution in [2.45, 2.75) is 13.3 Å². The summed E-state index contributed by atoms with van der Waals surface area (Å²) in [5, 5.41) is 12.4. The van der Waals surface area contributed by atoms with Crippen molar-refractivity contribution in [2.75, 3.05) is 35.9 Å². The second-order valence-corrected chi connectivity index (χ2v) is 5.65. The number of carbonyl (C=O) groups is 1. The van der Waals surface area contributed by atoms with E-state index >= 15 is 0 Å². The summed E-state index contributed by atoms with van der Waals surface area (Å²) >= 11 is 0. The molecule has 0 bridgehead atoms. The molecule has 1 aromatic carbocycles. The molecule has 6 heteroatoms. The molecule has 6 nitrogen and oxygen atoms in total. The third-order valence-electron chi connectivity index (χ3n) is 4.20. The van der Waals surface area contributed by atoms with Gasteiger partial charge in [-0.1, -0.05) is 6.92 Å². The van der Waals surface area contributed by atoms with Crippen molar-refractivity contribution in [3.63, 3.8) is 0 Å². The summed E-state index contributed by atoms with van der Waals surface area (Å²) in [5.74, 6) is -0.0747. The topological polar surface area (TPSA) is 68.7 Å². The fourth-order valence-electron chi connectivity index (χ4n) is 2.81. The van der Waals surface area contributed by atoms with E-state index in [0.717, 1.165) is 41.5 Å². The van der Waals surface area contributed by atoms with Crippen LogP contribution >= 0.6 is 0 Å². The average Bonchev–Trinajstić information content (AvgIpc) is 2.94. The third kappa shape index (κ3) is 2.67. The van der Waals surface area contributed by atoms with Crippen LogP contribution in [-0.2, 0) is 6.42 Å². The number of rotatable bonds is 4. The van der Waals surface area contributed by atoms with Crippen LogP contribution in [0.2, 0.25) is 0 Å². The number of aromatic nitrogens is 1. The second-order valence-electron chi connectivity index (χ2n) is 5.65. The number of carboxylic acids is 1. The molecule has 0 unspecified atom stereocenters. The van der Waals surface area contributed by atoms with Gasteiger partial charge in [0.05, 0.1) is 29.8 Å². The van der Waals surface area contributed by atoms with Gasteiger partial charge in [0.2, 0.25) is 0 Å². The molecule has 23 heavy (non-hydrogen) atoms. The molecule has 0 fully saturated rings. The standard InChI is InChI=1S/C17H20N4O2/c1-4-11-7-12(17(22)23)5-6-14(11)21(3)16-8-15-13(9-18-16)19-10-20(15)2/h5-9,19H,4,10H2,1-3H3,(H,22,23). The van der Waals surface area contributed by atoms with Crippen molar-refractivity contribution in [1.82, 2.24) is 4.98 Å². The number of pyridine rings is 1. The summed E-state index contributed by atoms with van der Waals surface area (Å²) in [6.07, 6.45) is 2.59. The van der Waals surface area contributed by atoms with E-state index in [1.165, 1.54) is 0 Å². The first-order valence-corrected chi connectivity index (χ1v) is 7.56. The minimum atomic E-state index is -0.905. The first-order valence-electron chi connectivity index (χ1n) is 7.56. The van der Waals surface area contributed by atoms with Crippen LogP contribution in [0.15, 0.2) is 30.5 Å². The Bertz CT molecular complexity index is 760. The van der Waals surface area contributed by atoms with E-state index in [1.54, 1.807) is 12.1 Å². The predicted octanol–water partition coefficient (Wildman–Crippen LogP) is 2.93. The molecule has 0 radical (unpaired) electrons. The molecule has 0 saturated carbocycles. The Morgan fingerprint density at radius 3 is 2.91 bits per heavy atom. The quantitative estimate of drug-likeness (QED) is 0.904. The minimum Gasteiger partial charge on any atom is -0.478 e. The molecule has 1 aromatic heterocycles. The highest BCUT2D eigenvalue weighted by molar-refractivity contribution is 5.89. The number of anilines is 4. The van der Waals surface area contributed by atoms with Crippen molar-refractivity contribution in [2.24, 2.45) is 0 Å². The summed E-state index contributed by atoms with van der Waals surface area (Å²) in [7, 11) is 3.98. The normalized spacial score (nSPS) is 12.7. The molecule has 0 atom stereocenters. The van der Waals surface area contributed by atoms with Crippen LogP contribution in [0.25, 0.3) is 0 Å². The Balaban J connectivity index is 1.99. The van der Waals surface area contributed by atoms with E-state index in [0.29, 0.717) is 5.56 Å². The van der Waals surface area contributed by atoms with Crippen LogP contribution in [0.4, 0.5) is 22.9 Å². The van der Waals surface area contributed by atoms with Gasteiger partial charge < -0.3 is 20.2 Å². The zero-order valence-electron chi connectivity index (χ0n) is 13.5. The van der Waals surface area contributed by atoms with Crippen molar-refractivity contribution in [1.29, 1.82) is 0 Å². The largest absolute Gasteiger partial charge is 0.478 e. The van der Waals surface area contributed by atoms with Crippen LogP contribution in [-0.4, -0.2) is 36.8 Å². The number of nitrogens with zero attached hydrogens (tertiary/aromatic N) is 3. The number of nitrogens with one attached hydrogen (secondary N) is 1. The van der Waals surface area contributed by atoms with E-state index in [4.69, 9.17) is 5.11 Å². The summed E-state index contributed by atoms with van der Waals surface area (Å²) in [6.45, 7) is 2.80. The zero-order valence-corrected chi connectivity index (χ0v) is 13.5. The van der Waals surface area contributed by atoms with E-state index < -0.39 is 5.97 Å². The van der Waals surface area contributed by atoms with Gasteiger partial charge in [-0.05, 0) is 30.2 Å². The number of hydrogen-bond donors (Lipinski definition) is 2. The van der Waals surface area contributed by atoms with Crippen LogP contribution in [0, 0.1) is 0 Å². The lowest BCUT2D eigenvalue weighted by atomic mass is 10.1. The van der Waals surface area contributed by atoms with Crippen LogP contribution in [0.3, 0.4) is 0 Å². The molecule has 120 valence electrons. The highest BCUT2D eigenvalue weighted by Gasteiger charge is 2.18. The van der Waals surface area contributed by atoms with Crippen LogP contribution < -0.4 is 15.1 Å². The highest BCUT2D eigenvalue weighted by atomic mass is 16.4. The molecule has 0 aliphatic carbocycles. The Labute approximate surface area is 135 Å². The van der Waals surface area contributed by atoms with Gasteiger partial charge in [-0.2, -0.15) is 0 Å². The highest BCUT2D eigenvalue weighted by Crippen LogP contribution is 2.35. The van der Waals surface area contributed by atoms with Gasteiger partial charge in [0.1, 0.15) is 5.82 Å². The van der Waals surface area contributed by atoms with Crippen molar-refractivity contribution in [3.8, 4) is 0 Å². The fraction of sp³-hybridized carbons (Fsp3) is 0.294. The first-order chi connectivity index (χ1) is 11.0. The first kappa shape index (κ1) is 15.1. The zero-order chi connectivity index (χ0) is 16.6. The number of carboxylic acid groups (broad SMARTS) is 1. The molecule has 3 rings (SSSR count). The van der Waals surface area contributed by atoms with Gasteiger partial charge in [-0.15, -0.1) is 0 Å². The number of aryl methyl sites for hydroxylation is 1. The Morgan fingerprint density at radius 2 is 2.22 bits per heavy atom. The van der Waals surface area contributed by atoms with Gasteiger partial charge in [-0.3, -0.25) is 0 Å². The molecule has 0 spiro atoms. The monoisotopic (exact) mass is 312 g/mol. The smallest absolute Gasteiger partial charge is 0.335 e. The lowest BCUT2D eigenvalue weighted by molar-refractivity contribution is 0.0697. The van der Waals surface area contributed by atoms with Gasteiger partial charge in [0, 0.05) is 25.8 Å². The SMILES string of the molecule is CCc1cc(C(=O)O)ccc1N(C)c1cc2c(cn1)NCN2C. The molecular weight excluding hydrogens is 292 g/mol. The van der Waals surface area contributed by atoms with Gasteiger partial charge in [-0.25, -0.2) is 9.78 Å². The van der Waals surface area contributed by atoms with Crippen molar-refractivity contribution < 1.29 is 9.90 Å². The molecule has 2 heterocycles. The summed E-state index contributed by atoms with van der Waals surface area (Å²) in [5.41, 5.74) is 4.41. The van der Waals surface area contributed by atoms with Gasteiger partial charge >= 0.3 is 5.97 Å². The maximum atomic E-state index is 11.1. The minimum absolute atomic E-state index is 0.310. The third-order valence-corrected chi connectivity index (χ3v) is 4.20.